The van der Waals surface area contributed by atoms with Crippen molar-refractivity contribution in [3.05, 3.63) is 23.8 Å². The molecule has 0 atom stereocenters. The number of hydrogen-bond acceptors (Lipinski definition) is 3. The normalized spacial score (nSPS) is 17.1. The van der Waals surface area contributed by atoms with Gasteiger partial charge in [-0.2, -0.15) is 0 Å². The molecule has 0 spiro atoms. The molecule has 1 aliphatic rings. The molecule has 0 heterocycles. The minimum atomic E-state index is -0.700. The number of benzene rings is 1. The highest BCUT2D eigenvalue weighted by atomic mass is 16.3. The zero-order valence-electron chi connectivity index (χ0n) is 10.9. The first-order valence-corrected chi connectivity index (χ1v) is 6.38. The topological polar surface area (TPSA) is 66.6 Å². The van der Waals surface area contributed by atoms with E-state index in [1.807, 2.05) is 19.9 Å². The molecule has 1 aromatic rings. The lowest BCUT2D eigenvalue weighted by Gasteiger charge is -2.40. The highest BCUT2D eigenvalue weighted by Gasteiger charge is 2.42. The van der Waals surface area contributed by atoms with Gasteiger partial charge in [0.2, 0.25) is 5.91 Å². The van der Waals surface area contributed by atoms with Gasteiger partial charge in [0.15, 0.2) is 0 Å². The van der Waals surface area contributed by atoms with Gasteiger partial charge in [-0.05, 0) is 44.7 Å². The molecule has 0 saturated heterocycles. The van der Waals surface area contributed by atoms with Crippen LogP contribution in [0, 0.1) is 6.92 Å². The van der Waals surface area contributed by atoms with E-state index in [2.05, 4.69) is 0 Å². The fraction of sp³-hybridized carbons (Fsp3) is 0.500. The van der Waals surface area contributed by atoms with Crippen LogP contribution in [-0.4, -0.2) is 23.1 Å². The Morgan fingerprint density at radius 2 is 2.17 bits per heavy atom. The Labute approximate surface area is 107 Å². The van der Waals surface area contributed by atoms with E-state index in [1.165, 1.54) is 0 Å². The maximum Gasteiger partial charge on any atom is 0.247 e. The first kappa shape index (κ1) is 12.9. The lowest BCUT2D eigenvalue weighted by Crippen LogP contribution is -2.59. The van der Waals surface area contributed by atoms with Gasteiger partial charge >= 0.3 is 0 Å². The second-order valence-corrected chi connectivity index (χ2v) is 5.03. The summed E-state index contributed by atoms with van der Waals surface area (Å²) in [5.41, 5.74) is 7.11. The number of rotatable bonds is 3. The van der Waals surface area contributed by atoms with Crippen LogP contribution in [0.15, 0.2) is 18.2 Å². The van der Waals surface area contributed by atoms with Crippen LogP contribution >= 0.6 is 0 Å². The number of nitrogens with two attached hydrogens (primary N) is 1. The Balaban J connectivity index is 2.33. The molecule has 2 rings (SSSR count). The van der Waals surface area contributed by atoms with E-state index in [9.17, 15) is 9.90 Å². The van der Waals surface area contributed by atoms with E-state index in [4.69, 9.17) is 5.73 Å². The molecule has 3 N–H and O–H groups in total. The van der Waals surface area contributed by atoms with Crippen molar-refractivity contribution in [3.8, 4) is 5.75 Å². The van der Waals surface area contributed by atoms with E-state index >= 15 is 0 Å². The Morgan fingerprint density at radius 3 is 2.67 bits per heavy atom. The van der Waals surface area contributed by atoms with Gasteiger partial charge in [0, 0.05) is 12.6 Å². The van der Waals surface area contributed by atoms with Gasteiger partial charge in [0.05, 0.1) is 11.2 Å². The summed E-state index contributed by atoms with van der Waals surface area (Å²) in [6.45, 7) is 4.40. The standard InChI is InChI=1S/C14H20N2O2/c1-3-16(13(18)14(15)7-4-8-14)12-9-11(17)6-5-10(12)2/h5-6,9,17H,3-4,7-8,15H2,1-2H3. The van der Waals surface area contributed by atoms with Crippen molar-refractivity contribution in [2.45, 2.75) is 38.6 Å². The average Bonchev–Trinajstić information content (AvgIpc) is 2.31. The number of carbonyl (C=O) groups excluding carboxylic acids is 1. The summed E-state index contributed by atoms with van der Waals surface area (Å²) in [5, 5.41) is 9.57. The van der Waals surface area contributed by atoms with E-state index in [0.717, 1.165) is 30.5 Å². The van der Waals surface area contributed by atoms with Crippen molar-refractivity contribution in [1.29, 1.82) is 0 Å². The summed E-state index contributed by atoms with van der Waals surface area (Å²) in [5.74, 6) is 0.131. The lowest BCUT2D eigenvalue weighted by molar-refractivity contribution is -0.126. The minimum Gasteiger partial charge on any atom is -0.508 e. The minimum absolute atomic E-state index is 0.0371. The van der Waals surface area contributed by atoms with Crippen LogP contribution in [0.5, 0.6) is 5.75 Å². The van der Waals surface area contributed by atoms with Crippen molar-refractivity contribution in [3.63, 3.8) is 0 Å². The number of hydrogen-bond donors (Lipinski definition) is 2. The van der Waals surface area contributed by atoms with Crippen molar-refractivity contribution in [2.24, 2.45) is 5.73 Å². The first-order chi connectivity index (χ1) is 8.48. The molecular weight excluding hydrogens is 228 g/mol. The molecule has 0 aliphatic heterocycles. The molecule has 0 radical (unpaired) electrons. The number of carbonyl (C=O) groups is 1. The molecule has 1 saturated carbocycles. The number of aryl methyl sites for hydroxylation is 1. The summed E-state index contributed by atoms with van der Waals surface area (Å²) in [6, 6.07) is 5.06. The quantitative estimate of drug-likeness (QED) is 0.859. The molecule has 0 bridgehead atoms. The van der Waals surface area contributed by atoms with Crippen LogP contribution in [0.25, 0.3) is 0 Å². The fourth-order valence-corrected chi connectivity index (χ4v) is 2.35. The molecule has 98 valence electrons. The average molecular weight is 248 g/mol. The fourth-order valence-electron chi connectivity index (χ4n) is 2.35. The monoisotopic (exact) mass is 248 g/mol. The number of phenols is 1. The predicted octanol–water partition coefficient (Wildman–Crippen LogP) is 1.93. The third-order valence-electron chi connectivity index (χ3n) is 3.72. The summed E-state index contributed by atoms with van der Waals surface area (Å²) in [4.78, 5) is 14.1. The van der Waals surface area contributed by atoms with Crippen molar-refractivity contribution in [2.75, 3.05) is 11.4 Å². The van der Waals surface area contributed by atoms with Crippen LogP contribution in [-0.2, 0) is 4.79 Å². The number of phenolic OH excluding ortho intramolecular Hbond substituents is 1. The van der Waals surface area contributed by atoms with Crippen molar-refractivity contribution >= 4 is 11.6 Å². The molecule has 18 heavy (non-hydrogen) atoms. The number of likely N-dealkylation sites (N-methyl/N-ethyl adjacent to an activating group) is 1. The van der Waals surface area contributed by atoms with Crippen LogP contribution in [0.3, 0.4) is 0 Å². The zero-order valence-corrected chi connectivity index (χ0v) is 10.9. The number of amides is 1. The largest absolute Gasteiger partial charge is 0.508 e. The molecule has 1 aromatic carbocycles. The van der Waals surface area contributed by atoms with Gasteiger partial charge in [0.25, 0.3) is 0 Å². The van der Waals surface area contributed by atoms with Crippen LogP contribution < -0.4 is 10.6 Å². The van der Waals surface area contributed by atoms with Crippen molar-refractivity contribution in [1.82, 2.24) is 0 Å². The Kier molecular flexibility index (Phi) is 3.30. The third kappa shape index (κ3) is 2.08. The molecule has 0 unspecified atom stereocenters. The Hall–Kier alpha value is -1.55. The Morgan fingerprint density at radius 1 is 1.50 bits per heavy atom. The summed E-state index contributed by atoms with van der Waals surface area (Å²) in [7, 11) is 0. The molecule has 1 aliphatic carbocycles. The predicted molar refractivity (Wildman–Crippen MR) is 71.6 cm³/mol. The summed E-state index contributed by atoms with van der Waals surface area (Å²) >= 11 is 0. The molecular formula is C14H20N2O2. The molecule has 1 amide bonds. The Bertz CT molecular complexity index is 467. The van der Waals surface area contributed by atoms with Gasteiger partial charge in [-0.15, -0.1) is 0 Å². The van der Waals surface area contributed by atoms with Gasteiger partial charge in [0.1, 0.15) is 5.75 Å². The highest BCUT2D eigenvalue weighted by Crippen LogP contribution is 2.34. The zero-order chi connectivity index (χ0) is 13.3. The maximum atomic E-state index is 12.5. The molecule has 0 aromatic heterocycles. The van der Waals surface area contributed by atoms with E-state index in [0.29, 0.717) is 6.54 Å². The van der Waals surface area contributed by atoms with E-state index in [-0.39, 0.29) is 11.7 Å². The van der Waals surface area contributed by atoms with E-state index < -0.39 is 5.54 Å². The van der Waals surface area contributed by atoms with Crippen LogP contribution in [0.4, 0.5) is 5.69 Å². The number of anilines is 1. The van der Waals surface area contributed by atoms with Crippen LogP contribution in [0.2, 0.25) is 0 Å². The summed E-state index contributed by atoms with van der Waals surface area (Å²) < 4.78 is 0. The number of aromatic hydroxyl groups is 1. The van der Waals surface area contributed by atoms with Crippen LogP contribution in [0.1, 0.15) is 31.7 Å². The smallest absolute Gasteiger partial charge is 0.247 e. The first-order valence-electron chi connectivity index (χ1n) is 6.38. The maximum absolute atomic E-state index is 12.5. The van der Waals surface area contributed by atoms with Gasteiger partial charge in [-0.25, -0.2) is 0 Å². The van der Waals surface area contributed by atoms with Gasteiger partial charge in [-0.3, -0.25) is 4.79 Å². The second-order valence-electron chi connectivity index (χ2n) is 5.03. The van der Waals surface area contributed by atoms with Crippen molar-refractivity contribution < 1.29 is 9.90 Å². The highest BCUT2D eigenvalue weighted by molar-refractivity contribution is 6.01. The van der Waals surface area contributed by atoms with Gasteiger partial charge < -0.3 is 15.7 Å². The third-order valence-corrected chi connectivity index (χ3v) is 3.72. The SMILES string of the molecule is CCN(C(=O)C1(N)CCC1)c1cc(O)ccc1C. The molecule has 4 nitrogen and oxygen atoms in total. The summed E-state index contributed by atoms with van der Waals surface area (Å²) in [6.07, 6.45) is 2.51. The number of nitrogens with zero attached hydrogens (tertiary/aromatic N) is 1. The molecule has 1 fully saturated rings. The lowest BCUT2D eigenvalue weighted by atomic mass is 9.76. The second kappa shape index (κ2) is 4.61. The molecule has 4 heteroatoms. The van der Waals surface area contributed by atoms with Gasteiger partial charge in [-0.1, -0.05) is 6.07 Å². The van der Waals surface area contributed by atoms with E-state index in [1.54, 1.807) is 17.0 Å².